The molecular formula is C17H14F3NO4S. The molecule has 138 valence electrons. The normalized spacial score (nSPS) is 16.0. The number of rotatable bonds is 5. The highest BCUT2D eigenvalue weighted by Gasteiger charge is 2.37. The van der Waals surface area contributed by atoms with Gasteiger partial charge in [0.1, 0.15) is 5.56 Å². The number of carbonyl (C=O) groups excluding carboxylic acids is 1. The van der Waals surface area contributed by atoms with Gasteiger partial charge >= 0.3 is 11.5 Å². The molecule has 0 saturated heterocycles. The van der Waals surface area contributed by atoms with Gasteiger partial charge in [-0.2, -0.15) is 13.2 Å². The van der Waals surface area contributed by atoms with E-state index < -0.39 is 17.7 Å². The van der Waals surface area contributed by atoms with Gasteiger partial charge in [0, 0.05) is 10.5 Å². The zero-order valence-corrected chi connectivity index (χ0v) is 14.5. The van der Waals surface area contributed by atoms with Crippen molar-refractivity contribution in [1.82, 2.24) is 0 Å². The molecule has 3 rings (SSSR count). The van der Waals surface area contributed by atoms with Crippen LogP contribution in [0.25, 0.3) is 0 Å². The molecule has 0 fully saturated rings. The average Bonchev–Trinajstić information content (AvgIpc) is 2.90. The Hall–Kier alpha value is -2.55. The number of fused-ring (bicyclic) bond motifs is 1. The van der Waals surface area contributed by atoms with Crippen LogP contribution in [0.3, 0.4) is 0 Å². The Morgan fingerprint density at radius 1 is 1.12 bits per heavy atom. The summed E-state index contributed by atoms with van der Waals surface area (Å²) in [4.78, 5) is 12.2. The van der Waals surface area contributed by atoms with E-state index in [1.54, 1.807) is 18.2 Å². The number of hydrogen-bond donors (Lipinski definition) is 1. The molecule has 0 amide bonds. The molecule has 5 nitrogen and oxygen atoms in total. The quantitative estimate of drug-likeness (QED) is 0.600. The van der Waals surface area contributed by atoms with Crippen LogP contribution in [0.2, 0.25) is 0 Å². The highest BCUT2D eigenvalue weighted by Crippen LogP contribution is 2.44. The maximum atomic E-state index is 12.7. The van der Waals surface area contributed by atoms with E-state index in [4.69, 9.17) is 14.2 Å². The molecule has 0 saturated carbocycles. The van der Waals surface area contributed by atoms with E-state index >= 15 is 0 Å². The lowest BCUT2D eigenvalue weighted by atomic mass is 10.1. The predicted octanol–water partition coefficient (Wildman–Crippen LogP) is 4.60. The monoisotopic (exact) mass is 385 g/mol. The SMILES string of the molecule is COc1ccc2c(c1OC)C(=O)OC2Nc1ccccc1SC(F)(F)F. The summed E-state index contributed by atoms with van der Waals surface area (Å²) in [5.74, 6) is -0.0664. The van der Waals surface area contributed by atoms with Crippen LogP contribution in [0.1, 0.15) is 22.1 Å². The highest BCUT2D eigenvalue weighted by atomic mass is 32.2. The number of thioether (sulfide) groups is 1. The zero-order valence-electron chi connectivity index (χ0n) is 13.7. The second-order valence-electron chi connectivity index (χ2n) is 5.24. The molecule has 1 aliphatic heterocycles. The largest absolute Gasteiger partial charge is 0.493 e. The van der Waals surface area contributed by atoms with Crippen molar-refractivity contribution in [1.29, 1.82) is 0 Å². The fraction of sp³-hybridized carbons (Fsp3) is 0.235. The molecule has 26 heavy (non-hydrogen) atoms. The van der Waals surface area contributed by atoms with Gasteiger partial charge in [-0.1, -0.05) is 12.1 Å². The summed E-state index contributed by atoms with van der Waals surface area (Å²) in [6.07, 6.45) is -0.938. The molecule has 9 heteroatoms. The van der Waals surface area contributed by atoms with Crippen molar-refractivity contribution in [3.63, 3.8) is 0 Å². The van der Waals surface area contributed by atoms with Gasteiger partial charge in [-0.25, -0.2) is 4.79 Å². The second-order valence-corrected chi connectivity index (χ2v) is 6.35. The number of halogens is 3. The van der Waals surface area contributed by atoms with Crippen LogP contribution in [0.15, 0.2) is 41.3 Å². The Balaban J connectivity index is 1.95. The lowest BCUT2D eigenvalue weighted by Crippen LogP contribution is -2.11. The van der Waals surface area contributed by atoms with Crippen molar-refractivity contribution in [3.8, 4) is 11.5 Å². The van der Waals surface area contributed by atoms with Crippen LogP contribution in [0.5, 0.6) is 11.5 Å². The van der Waals surface area contributed by atoms with E-state index in [0.717, 1.165) is 0 Å². The maximum Gasteiger partial charge on any atom is 0.446 e. The van der Waals surface area contributed by atoms with E-state index in [9.17, 15) is 18.0 Å². The molecule has 1 heterocycles. The van der Waals surface area contributed by atoms with Crippen LogP contribution >= 0.6 is 11.8 Å². The van der Waals surface area contributed by atoms with Gasteiger partial charge in [-0.15, -0.1) is 0 Å². The number of carbonyl (C=O) groups is 1. The molecule has 2 aromatic carbocycles. The van der Waals surface area contributed by atoms with Gasteiger partial charge in [0.05, 0.1) is 19.9 Å². The van der Waals surface area contributed by atoms with Gasteiger partial charge in [-0.3, -0.25) is 0 Å². The predicted molar refractivity (Wildman–Crippen MR) is 89.7 cm³/mol. The minimum atomic E-state index is -4.43. The molecule has 2 aromatic rings. The summed E-state index contributed by atoms with van der Waals surface area (Å²) in [6, 6.07) is 9.13. The third-order valence-electron chi connectivity index (χ3n) is 3.69. The smallest absolute Gasteiger partial charge is 0.446 e. The average molecular weight is 385 g/mol. The number of anilines is 1. The molecule has 1 N–H and O–H groups in total. The van der Waals surface area contributed by atoms with Crippen LogP contribution < -0.4 is 14.8 Å². The van der Waals surface area contributed by atoms with Gasteiger partial charge < -0.3 is 19.5 Å². The summed E-state index contributed by atoms with van der Waals surface area (Å²) in [7, 11) is 2.83. The number of nitrogens with one attached hydrogen (secondary N) is 1. The summed E-state index contributed by atoms with van der Waals surface area (Å²) < 4.78 is 53.9. The second kappa shape index (κ2) is 6.99. The minimum Gasteiger partial charge on any atom is -0.493 e. The molecular weight excluding hydrogens is 371 g/mol. The molecule has 0 bridgehead atoms. The number of ether oxygens (including phenoxy) is 3. The van der Waals surface area contributed by atoms with E-state index in [1.165, 1.54) is 32.4 Å². The van der Waals surface area contributed by atoms with E-state index in [1.807, 2.05) is 0 Å². The fourth-order valence-electron chi connectivity index (χ4n) is 2.65. The zero-order chi connectivity index (χ0) is 18.9. The van der Waals surface area contributed by atoms with E-state index in [2.05, 4.69) is 5.32 Å². The molecule has 1 aliphatic rings. The van der Waals surface area contributed by atoms with Crippen molar-refractivity contribution >= 4 is 23.4 Å². The number of methoxy groups -OCH3 is 2. The highest BCUT2D eigenvalue weighted by molar-refractivity contribution is 8.00. The number of alkyl halides is 3. The molecule has 1 atom stereocenters. The van der Waals surface area contributed by atoms with Crippen LogP contribution in [0, 0.1) is 0 Å². The first-order valence-corrected chi connectivity index (χ1v) is 8.23. The number of benzene rings is 2. The van der Waals surface area contributed by atoms with Crippen LogP contribution in [-0.4, -0.2) is 25.7 Å². The number of cyclic esters (lactones) is 1. The first kappa shape index (κ1) is 18.2. The maximum absolute atomic E-state index is 12.7. The number of para-hydroxylation sites is 1. The molecule has 0 radical (unpaired) electrons. The molecule has 0 spiro atoms. The van der Waals surface area contributed by atoms with E-state index in [-0.39, 0.29) is 33.7 Å². The van der Waals surface area contributed by atoms with Crippen LogP contribution in [0.4, 0.5) is 18.9 Å². The Morgan fingerprint density at radius 3 is 2.50 bits per heavy atom. The first-order valence-electron chi connectivity index (χ1n) is 7.41. The summed E-state index contributed by atoms with van der Waals surface area (Å²) in [6.45, 7) is 0. The van der Waals surface area contributed by atoms with E-state index in [0.29, 0.717) is 11.3 Å². The summed E-state index contributed by atoms with van der Waals surface area (Å²) >= 11 is -0.241. The standard InChI is InChI=1S/C17H14F3NO4S/c1-23-11-8-7-9-13(14(11)24-2)16(22)25-15(9)21-10-5-3-4-6-12(10)26-17(18,19)20/h3-8,15,21H,1-2H3. The number of hydrogen-bond acceptors (Lipinski definition) is 6. The molecule has 1 unspecified atom stereocenters. The van der Waals surface area contributed by atoms with Crippen molar-refractivity contribution in [2.45, 2.75) is 16.6 Å². The Kier molecular flexibility index (Phi) is 4.90. The Bertz CT molecular complexity index is 841. The topological polar surface area (TPSA) is 56.8 Å². The lowest BCUT2D eigenvalue weighted by Gasteiger charge is -2.18. The van der Waals surface area contributed by atoms with Gasteiger partial charge in [0.2, 0.25) is 6.23 Å². The van der Waals surface area contributed by atoms with Crippen molar-refractivity contribution in [2.75, 3.05) is 19.5 Å². The van der Waals surface area contributed by atoms with Gasteiger partial charge in [-0.05, 0) is 36.0 Å². The fourth-order valence-corrected chi connectivity index (χ4v) is 3.28. The number of esters is 1. The molecule has 0 aromatic heterocycles. The van der Waals surface area contributed by atoms with Crippen LogP contribution in [-0.2, 0) is 4.74 Å². The lowest BCUT2D eigenvalue weighted by molar-refractivity contribution is -0.0328. The van der Waals surface area contributed by atoms with Crippen molar-refractivity contribution < 1.29 is 32.2 Å². The van der Waals surface area contributed by atoms with Gasteiger partial charge in [0.25, 0.3) is 0 Å². The molecule has 0 aliphatic carbocycles. The summed E-state index contributed by atoms with van der Waals surface area (Å²) in [5.41, 5.74) is -3.58. The van der Waals surface area contributed by atoms with Gasteiger partial charge in [0.15, 0.2) is 11.5 Å². The van der Waals surface area contributed by atoms with Crippen molar-refractivity contribution in [2.24, 2.45) is 0 Å². The third-order valence-corrected chi connectivity index (χ3v) is 4.50. The summed E-state index contributed by atoms with van der Waals surface area (Å²) in [5, 5.41) is 2.85. The first-order chi connectivity index (χ1) is 12.3. The minimum absolute atomic E-state index is 0.0232. The third kappa shape index (κ3) is 3.52. The Labute approximate surface area is 151 Å². The Morgan fingerprint density at radius 2 is 1.85 bits per heavy atom. The van der Waals surface area contributed by atoms with Crippen molar-refractivity contribution in [3.05, 3.63) is 47.5 Å².